The predicted molar refractivity (Wildman–Crippen MR) is 80.5 cm³/mol. The maximum absolute atomic E-state index is 11.0. The van der Waals surface area contributed by atoms with E-state index in [1.807, 2.05) is 18.2 Å². The number of hydrogen-bond donors (Lipinski definition) is 1. The molecule has 102 valence electrons. The van der Waals surface area contributed by atoms with Crippen LogP contribution in [0.4, 0.5) is 0 Å². The van der Waals surface area contributed by atoms with Crippen molar-refractivity contribution in [3.63, 3.8) is 0 Å². The van der Waals surface area contributed by atoms with Gasteiger partial charge in [-0.05, 0) is 41.0 Å². The molecule has 1 aliphatic rings. The molecular weight excluding hydrogens is 318 g/mol. The van der Waals surface area contributed by atoms with E-state index in [1.165, 1.54) is 11.1 Å². The van der Waals surface area contributed by atoms with E-state index in [0.717, 1.165) is 29.7 Å². The fraction of sp³-hybridized carbons (Fsp3) is 0.188. The van der Waals surface area contributed by atoms with Crippen LogP contribution in [-0.4, -0.2) is 16.0 Å². The molecule has 0 bridgehead atoms. The van der Waals surface area contributed by atoms with Crippen molar-refractivity contribution in [2.75, 3.05) is 0 Å². The summed E-state index contributed by atoms with van der Waals surface area (Å²) in [5.41, 5.74) is 3.99. The number of nitrogens with zero attached hydrogens (tertiary/aromatic N) is 1. The highest BCUT2D eigenvalue weighted by atomic mass is 79.9. The average Bonchev–Trinajstić information content (AvgIpc) is 2.82. The molecule has 2 aromatic rings. The van der Waals surface area contributed by atoms with Crippen LogP contribution in [-0.2, 0) is 19.6 Å². The van der Waals surface area contributed by atoms with Gasteiger partial charge in [0, 0.05) is 24.1 Å². The van der Waals surface area contributed by atoms with Gasteiger partial charge in [0.15, 0.2) is 0 Å². The smallest absolute Gasteiger partial charge is 0.335 e. The largest absolute Gasteiger partial charge is 0.478 e. The topological polar surface area (TPSA) is 40.5 Å². The van der Waals surface area contributed by atoms with Gasteiger partial charge >= 0.3 is 5.97 Å². The quantitative estimate of drug-likeness (QED) is 0.932. The summed E-state index contributed by atoms with van der Waals surface area (Å²) in [5.74, 6) is -0.862. The highest BCUT2D eigenvalue weighted by Gasteiger charge is 2.20. The number of rotatable bonds is 3. The van der Waals surface area contributed by atoms with Crippen molar-refractivity contribution in [3.8, 4) is 0 Å². The van der Waals surface area contributed by atoms with Crippen LogP contribution >= 0.6 is 15.9 Å². The molecule has 0 amide bonds. The highest BCUT2D eigenvalue weighted by molar-refractivity contribution is 9.10. The molecule has 1 aliphatic heterocycles. The van der Waals surface area contributed by atoms with Crippen molar-refractivity contribution < 1.29 is 9.90 Å². The number of hydrogen-bond acceptors (Lipinski definition) is 2. The number of carboxylic acid groups (broad SMARTS) is 1. The molecule has 0 saturated carbocycles. The normalized spacial score (nSPS) is 14.2. The fourth-order valence-corrected chi connectivity index (χ4v) is 2.82. The Morgan fingerprint density at radius 2 is 1.80 bits per heavy atom. The molecule has 1 heterocycles. The number of aromatic carboxylic acids is 1. The van der Waals surface area contributed by atoms with Gasteiger partial charge in [0.2, 0.25) is 0 Å². The summed E-state index contributed by atoms with van der Waals surface area (Å²) in [7, 11) is 0. The minimum absolute atomic E-state index is 0.370. The lowest BCUT2D eigenvalue weighted by Crippen LogP contribution is -2.15. The first-order valence-electron chi connectivity index (χ1n) is 6.44. The maximum atomic E-state index is 11.0. The summed E-state index contributed by atoms with van der Waals surface area (Å²) in [4.78, 5) is 13.3. The fourth-order valence-electron chi connectivity index (χ4n) is 2.56. The lowest BCUT2D eigenvalue weighted by molar-refractivity contribution is 0.0696. The Kier molecular flexibility index (Phi) is 3.59. The Hall–Kier alpha value is -1.65. The second kappa shape index (κ2) is 5.38. The van der Waals surface area contributed by atoms with Gasteiger partial charge in [0.25, 0.3) is 0 Å². The molecule has 3 nitrogen and oxygen atoms in total. The summed E-state index contributed by atoms with van der Waals surface area (Å²) < 4.78 is 1.08. The van der Waals surface area contributed by atoms with Crippen molar-refractivity contribution in [2.24, 2.45) is 0 Å². The maximum Gasteiger partial charge on any atom is 0.335 e. The Morgan fingerprint density at radius 1 is 1.10 bits per heavy atom. The summed E-state index contributed by atoms with van der Waals surface area (Å²) in [6.45, 7) is 2.57. The summed E-state index contributed by atoms with van der Waals surface area (Å²) >= 11 is 3.43. The molecule has 2 aromatic carbocycles. The summed E-state index contributed by atoms with van der Waals surface area (Å²) in [6, 6.07) is 13.7. The molecule has 0 fully saturated rings. The van der Waals surface area contributed by atoms with E-state index in [-0.39, 0.29) is 0 Å². The molecule has 0 aliphatic carbocycles. The van der Waals surface area contributed by atoms with Crippen molar-refractivity contribution >= 4 is 21.9 Å². The van der Waals surface area contributed by atoms with Crippen LogP contribution in [0, 0.1) is 0 Å². The molecule has 0 aromatic heterocycles. The molecule has 0 atom stereocenters. The number of carbonyl (C=O) groups is 1. The van der Waals surface area contributed by atoms with Crippen LogP contribution in [0.15, 0.2) is 46.9 Å². The van der Waals surface area contributed by atoms with E-state index in [4.69, 9.17) is 5.11 Å². The van der Waals surface area contributed by atoms with Crippen molar-refractivity contribution in [2.45, 2.75) is 19.6 Å². The standard InChI is InChI=1S/C16H14BrNO2/c17-15-5-1-11(2-6-15)8-18-9-13-4-3-12(16(19)20)7-14(13)10-18/h1-7H,8-10H2,(H,19,20). The highest BCUT2D eigenvalue weighted by Crippen LogP contribution is 2.25. The molecule has 0 radical (unpaired) electrons. The first kappa shape index (κ1) is 13.3. The zero-order chi connectivity index (χ0) is 14.1. The van der Waals surface area contributed by atoms with Crippen LogP contribution in [0.25, 0.3) is 0 Å². The monoisotopic (exact) mass is 331 g/mol. The van der Waals surface area contributed by atoms with Crippen LogP contribution < -0.4 is 0 Å². The molecule has 1 N–H and O–H groups in total. The van der Waals surface area contributed by atoms with Gasteiger partial charge in [0.1, 0.15) is 0 Å². The first-order chi connectivity index (χ1) is 9.61. The van der Waals surface area contributed by atoms with E-state index in [9.17, 15) is 4.79 Å². The van der Waals surface area contributed by atoms with Crippen molar-refractivity contribution in [1.82, 2.24) is 4.90 Å². The van der Waals surface area contributed by atoms with Crippen LogP contribution in [0.2, 0.25) is 0 Å². The van der Waals surface area contributed by atoms with E-state index in [2.05, 4.69) is 33.0 Å². The minimum Gasteiger partial charge on any atom is -0.478 e. The number of carboxylic acids is 1. The Balaban J connectivity index is 1.73. The van der Waals surface area contributed by atoms with Gasteiger partial charge in [-0.3, -0.25) is 4.90 Å². The Morgan fingerprint density at radius 3 is 2.50 bits per heavy atom. The average molecular weight is 332 g/mol. The predicted octanol–water partition coefficient (Wildman–Crippen LogP) is 3.66. The zero-order valence-electron chi connectivity index (χ0n) is 10.8. The number of benzene rings is 2. The summed E-state index contributed by atoms with van der Waals surface area (Å²) in [5, 5.41) is 9.03. The van der Waals surface area contributed by atoms with Gasteiger partial charge in [-0.1, -0.05) is 34.1 Å². The molecule has 3 rings (SSSR count). The lowest BCUT2D eigenvalue weighted by atomic mass is 10.1. The first-order valence-corrected chi connectivity index (χ1v) is 7.23. The number of fused-ring (bicyclic) bond motifs is 1. The lowest BCUT2D eigenvalue weighted by Gasteiger charge is -2.14. The third kappa shape index (κ3) is 2.76. The molecule has 0 saturated heterocycles. The molecule has 20 heavy (non-hydrogen) atoms. The third-order valence-electron chi connectivity index (χ3n) is 3.56. The van der Waals surface area contributed by atoms with E-state index >= 15 is 0 Å². The third-order valence-corrected chi connectivity index (χ3v) is 4.09. The van der Waals surface area contributed by atoms with Gasteiger partial charge in [-0.2, -0.15) is 0 Å². The minimum atomic E-state index is -0.862. The van der Waals surface area contributed by atoms with Gasteiger partial charge < -0.3 is 5.11 Å². The van der Waals surface area contributed by atoms with Crippen molar-refractivity contribution in [1.29, 1.82) is 0 Å². The van der Waals surface area contributed by atoms with Gasteiger partial charge in [-0.25, -0.2) is 4.79 Å². The van der Waals surface area contributed by atoms with Gasteiger partial charge in [-0.15, -0.1) is 0 Å². The second-order valence-electron chi connectivity index (χ2n) is 5.06. The molecule has 4 heteroatoms. The molecule has 0 unspecified atom stereocenters. The van der Waals surface area contributed by atoms with E-state index < -0.39 is 5.97 Å². The summed E-state index contributed by atoms with van der Waals surface area (Å²) in [6.07, 6.45) is 0. The second-order valence-corrected chi connectivity index (χ2v) is 5.98. The molecule has 0 spiro atoms. The van der Waals surface area contributed by atoms with Crippen LogP contribution in [0.1, 0.15) is 27.0 Å². The van der Waals surface area contributed by atoms with E-state index in [1.54, 1.807) is 12.1 Å². The van der Waals surface area contributed by atoms with Crippen molar-refractivity contribution in [3.05, 3.63) is 69.2 Å². The molecular formula is C16H14BrNO2. The van der Waals surface area contributed by atoms with Crippen LogP contribution in [0.5, 0.6) is 0 Å². The number of halogens is 1. The van der Waals surface area contributed by atoms with Crippen LogP contribution in [0.3, 0.4) is 0 Å². The SMILES string of the molecule is O=C(O)c1ccc2c(c1)CN(Cc1ccc(Br)cc1)C2. The zero-order valence-corrected chi connectivity index (χ0v) is 12.4. The Labute approximate surface area is 126 Å². The Bertz CT molecular complexity index is 652. The van der Waals surface area contributed by atoms with Gasteiger partial charge in [0.05, 0.1) is 5.56 Å². The van der Waals surface area contributed by atoms with E-state index in [0.29, 0.717) is 5.56 Å².